The highest BCUT2D eigenvalue weighted by Gasteiger charge is 2.10. The Morgan fingerprint density at radius 3 is 1.80 bits per heavy atom. The third-order valence-electron chi connectivity index (χ3n) is 2.55. The van der Waals surface area contributed by atoms with Crippen molar-refractivity contribution < 1.29 is 9.90 Å². The molecule has 0 heterocycles. The number of nitrogens with two attached hydrogens (primary N) is 3. The molecule has 2 aromatic carbocycles. The van der Waals surface area contributed by atoms with E-state index in [0.29, 0.717) is 6.42 Å². The summed E-state index contributed by atoms with van der Waals surface area (Å²) >= 11 is 0. The van der Waals surface area contributed by atoms with E-state index in [1.165, 1.54) is 0 Å². The Balaban J connectivity index is 0.000000217. The van der Waals surface area contributed by atoms with E-state index >= 15 is 0 Å². The van der Waals surface area contributed by atoms with Gasteiger partial charge in [-0.2, -0.15) is 0 Å². The average molecular weight is 273 g/mol. The van der Waals surface area contributed by atoms with Gasteiger partial charge in [0.1, 0.15) is 6.04 Å². The molecule has 0 radical (unpaired) electrons. The Kier molecular flexibility index (Phi) is 6.06. The molecule has 0 saturated heterocycles. The van der Waals surface area contributed by atoms with Gasteiger partial charge in [0.2, 0.25) is 0 Å². The lowest BCUT2D eigenvalue weighted by Crippen LogP contribution is -2.32. The van der Waals surface area contributed by atoms with Crippen LogP contribution >= 0.6 is 0 Å². The van der Waals surface area contributed by atoms with Gasteiger partial charge in [0.15, 0.2) is 0 Å². The zero-order valence-electron chi connectivity index (χ0n) is 11.1. The van der Waals surface area contributed by atoms with Crippen molar-refractivity contribution in [1.82, 2.24) is 0 Å². The first kappa shape index (κ1) is 15.5. The molecule has 0 saturated carbocycles. The molecule has 0 bridgehead atoms. The highest BCUT2D eigenvalue weighted by Crippen LogP contribution is 2.05. The molecule has 5 heteroatoms. The van der Waals surface area contributed by atoms with Gasteiger partial charge in [-0.05, 0) is 36.2 Å². The van der Waals surface area contributed by atoms with Crippen LogP contribution in [0.5, 0.6) is 0 Å². The maximum absolute atomic E-state index is 10.4. The monoisotopic (exact) mass is 273 g/mol. The molecule has 2 aromatic rings. The van der Waals surface area contributed by atoms with E-state index in [1.807, 2.05) is 30.3 Å². The van der Waals surface area contributed by atoms with Gasteiger partial charge in [-0.1, -0.05) is 30.3 Å². The first-order valence-corrected chi connectivity index (χ1v) is 6.12. The summed E-state index contributed by atoms with van der Waals surface area (Å²) in [5.74, 6) is -0.959. The number of rotatable bonds is 3. The van der Waals surface area contributed by atoms with Gasteiger partial charge in [0.25, 0.3) is 0 Å². The van der Waals surface area contributed by atoms with Crippen LogP contribution in [0.1, 0.15) is 5.56 Å². The SMILES string of the molecule is NC(Cc1ccccc1)C(=O)O.Nc1ccc(N)cc1. The predicted molar refractivity (Wildman–Crippen MR) is 81.0 cm³/mol. The third kappa shape index (κ3) is 5.88. The number of carboxylic acid groups (broad SMARTS) is 1. The van der Waals surface area contributed by atoms with E-state index in [0.717, 1.165) is 16.9 Å². The van der Waals surface area contributed by atoms with Crippen molar-refractivity contribution in [1.29, 1.82) is 0 Å². The second kappa shape index (κ2) is 7.81. The summed E-state index contributed by atoms with van der Waals surface area (Å²) in [4.78, 5) is 10.4. The average Bonchev–Trinajstić information content (AvgIpc) is 2.44. The van der Waals surface area contributed by atoms with Crippen molar-refractivity contribution in [2.45, 2.75) is 12.5 Å². The van der Waals surface area contributed by atoms with E-state index in [2.05, 4.69) is 0 Å². The lowest BCUT2D eigenvalue weighted by Gasteiger charge is -2.04. The fourth-order valence-corrected chi connectivity index (χ4v) is 1.45. The standard InChI is InChI=1S/C9H11NO2.C6H8N2/c10-8(9(11)12)6-7-4-2-1-3-5-7;7-5-1-2-6(8)4-3-5/h1-5,8H,6,10H2,(H,11,12);1-4H,7-8H2. The maximum atomic E-state index is 10.4. The summed E-state index contributed by atoms with van der Waals surface area (Å²) in [6.45, 7) is 0. The van der Waals surface area contributed by atoms with E-state index < -0.39 is 12.0 Å². The number of aliphatic carboxylic acids is 1. The molecule has 0 spiro atoms. The van der Waals surface area contributed by atoms with Gasteiger partial charge < -0.3 is 22.3 Å². The van der Waals surface area contributed by atoms with Gasteiger partial charge in [0, 0.05) is 11.4 Å². The van der Waals surface area contributed by atoms with Crippen molar-refractivity contribution in [3.8, 4) is 0 Å². The quantitative estimate of drug-likeness (QED) is 0.632. The van der Waals surface area contributed by atoms with E-state index in [4.69, 9.17) is 22.3 Å². The Morgan fingerprint density at radius 1 is 0.950 bits per heavy atom. The fourth-order valence-electron chi connectivity index (χ4n) is 1.45. The Morgan fingerprint density at radius 2 is 1.40 bits per heavy atom. The van der Waals surface area contributed by atoms with Gasteiger partial charge in [-0.25, -0.2) is 0 Å². The van der Waals surface area contributed by atoms with E-state index in [-0.39, 0.29) is 0 Å². The lowest BCUT2D eigenvalue weighted by molar-refractivity contribution is -0.138. The summed E-state index contributed by atoms with van der Waals surface area (Å²) < 4.78 is 0. The van der Waals surface area contributed by atoms with Crippen LogP contribution in [0.3, 0.4) is 0 Å². The zero-order valence-corrected chi connectivity index (χ0v) is 11.1. The number of carboxylic acids is 1. The summed E-state index contributed by atoms with van der Waals surface area (Å²) in [6.07, 6.45) is 0.385. The van der Waals surface area contributed by atoms with Crippen LogP contribution in [0.2, 0.25) is 0 Å². The predicted octanol–water partition coefficient (Wildman–Crippen LogP) is 1.49. The molecule has 106 valence electrons. The number of anilines is 2. The Labute approximate surface area is 118 Å². The van der Waals surface area contributed by atoms with Gasteiger partial charge >= 0.3 is 5.97 Å². The summed E-state index contributed by atoms with van der Waals surface area (Å²) in [6, 6.07) is 15.6. The zero-order chi connectivity index (χ0) is 15.0. The normalized spacial score (nSPS) is 11.1. The second-order valence-electron chi connectivity index (χ2n) is 4.30. The van der Waals surface area contributed by atoms with Gasteiger partial charge in [-0.15, -0.1) is 0 Å². The number of hydrogen-bond acceptors (Lipinski definition) is 4. The smallest absolute Gasteiger partial charge is 0.320 e. The van der Waals surface area contributed by atoms with Crippen LogP contribution in [0.4, 0.5) is 11.4 Å². The minimum atomic E-state index is -0.959. The third-order valence-corrected chi connectivity index (χ3v) is 2.55. The number of benzene rings is 2. The van der Waals surface area contributed by atoms with Crippen LogP contribution in [-0.4, -0.2) is 17.1 Å². The molecule has 20 heavy (non-hydrogen) atoms. The molecule has 0 aromatic heterocycles. The van der Waals surface area contributed by atoms with Crippen LogP contribution < -0.4 is 17.2 Å². The van der Waals surface area contributed by atoms with Crippen LogP contribution in [0.15, 0.2) is 54.6 Å². The molecule has 0 amide bonds. The molecule has 0 fully saturated rings. The molecular weight excluding hydrogens is 254 g/mol. The lowest BCUT2D eigenvalue weighted by atomic mass is 10.1. The van der Waals surface area contributed by atoms with Crippen LogP contribution in [-0.2, 0) is 11.2 Å². The topological polar surface area (TPSA) is 115 Å². The largest absolute Gasteiger partial charge is 0.480 e. The van der Waals surface area contributed by atoms with E-state index in [9.17, 15) is 4.79 Å². The Bertz CT molecular complexity index is 506. The molecular formula is C15H19N3O2. The first-order valence-electron chi connectivity index (χ1n) is 6.12. The molecule has 1 unspecified atom stereocenters. The highest BCUT2D eigenvalue weighted by atomic mass is 16.4. The Hall–Kier alpha value is -2.53. The van der Waals surface area contributed by atoms with Crippen molar-refractivity contribution in [2.24, 2.45) is 5.73 Å². The summed E-state index contributed by atoms with van der Waals surface area (Å²) in [7, 11) is 0. The number of nitrogen functional groups attached to an aromatic ring is 2. The second-order valence-corrected chi connectivity index (χ2v) is 4.30. The molecule has 7 N–H and O–H groups in total. The number of carbonyl (C=O) groups is 1. The van der Waals surface area contributed by atoms with Crippen LogP contribution in [0.25, 0.3) is 0 Å². The first-order chi connectivity index (χ1) is 9.49. The van der Waals surface area contributed by atoms with Crippen molar-refractivity contribution in [3.63, 3.8) is 0 Å². The highest BCUT2D eigenvalue weighted by molar-refractivity contribution is 5.73. The minimum absolute atomic E-state index is 0.385. The maximum Gasteiger partial charge on any atom is 0.320 e. The summed E-state index contributed by atoms with van der Waals surface area (Å²) in [5, 5.41) is 8.52. The molecule has 2 rings (SSSR count). The van der Waals surface area contributed by atoms with Gasteiger partial charge in [0.05, 0.1) is 0 Å². The van der Waals surface area contributed by atoms with E-state index in [1.54, 1.807) is 24.3 Å². The van der Waals surface area contributed by atoms with Crippen LogP contribution in [0, 0.1) is 0 Å². The molecule has 5 nitrogen and oxygen atoms in total. The van der Waals surface area contributed by atoms with Crippen molar-refractivity contribution >= 4 is 17.3 Å². The molecule has 1 atom stereocenters. The molecule has 0 aliphatic carbocycles. The van der Waals surface area contributed by atoms with Crippen molar-refractivity contribution in [2.75, 3.05) is 11.5 Å². The fraction of sp³-hybridized carbons (Fsp3) is 0.133. The van der Waals surface area contributed by atoms with Crippen molar-refractivity contribution in [3.05, 3.63) is 60.2 Å². The number of hydrogen-bond donors (Lipinski definition) is 4. The molecule has 0 aliphatic rings. The van der Waals surface area contributed by atoms with Gasteiger partial charge in [-0.3, -0.25) is 4.79 Å². The summed E-state index contributed by atoms with van der Waals surface area (Å²) in [5.41, 5.74) is 18.5. The molecule has 0 aliphatic heterocycles. The minimum Gasteiger partial charge on any atom is -0.480 e.